The molecule has 0 fully saturated rings. The summed E-state index contributed by atoms with van der Waals surface area (Å²) < 4.78 is 12.6. The largest absolute Gasteiger partial charge is 0.497 e. The van der Waals surface area contributed by atoms with Crippen molar-refractivity contribution >= 4 is 0 Å². The highest BCUT2D eigenvalue weighted by Crippen LogP contribution is 2.12. The lowest BCUT2D eigenvalue weighted by molar-refractivity contribution is 0.0813. The summed E-state index contributed by atoms with van der Waals surface area (Å²) in [5.74, 6) is 8.09. The summed E-state index contributed by atoms with van der Waals surface area (Å²) >= 11 is 0. The van der Waals surface area contributed by atoms with Crippen LogP contribution in [0.3, 0.4) is 0 Å². The van der Waals surface area contributed by atoms with Crippen molar-refractivity contribution in [3.05, 3.63) is 47.5 Å². The first kappa shape index (κ1) is 11.8. The first-order valence-corrected chi connectivity index (χ1v) is 6.15. The predicted octanol–water partition coefficient (Wildman–Crippen LogP) is 1.82. The van der Waals surface area contributed by atoms with Gasteiger partial charge in [0.05, 0.1) is 19.9 Å². The number of aromatic nitrogens is 2. The monoisotopic (exact) mass is 254 g/mol. The topological polar surface area (TPSA) is 36.3 Å². The maximum absolute atomic E-state index is 5.35. The van der Waals surface area contributed by atoms with E-state index in [1.54, 1.807) is 13.3 Å². The van der Waals surface area contributed by atoms with Crippen LogP contribution in [0.15, 0.2) is 30.5 Å². The van der Waals surface area contributed by atoms with E-state index in [1.807, 2.05) is 24.3 Å². The maximum Gasteiger partial charge on any atom is 0.135 e. The smallest absolute Gasteiger partial charge is 0.135 e. The van der Waals surface area contributed by atoms with Crippen molar-refractivity contribution in [2.24, 2.45) is 0 Å². The third-order valence-corrected chi connectivity index (χ3v) is 3.05. The van der Waals surface area contributed by atoms with Gasteiger partial charge >= 0.3 is 0 Å². The van der Waals surface area contributed by atoms with Crippen LogP contribution in [0.1, 0.15) is 17.1 Å². The zero-order chi connectivity index (χ0) is 13.1. The van der Waals surface area contributed by atoms with Gasteiger partial charge in [-0.1, -0.05) is 5.92 Å². The van der Waals surface area contributed by atoms with Gasteiger partial charge in [0.15, 0.2) is 0 Å². The Hall–Kier alpha value is -2.25. The van der Waals surface area contributed by atoms with Crippen molar-refractivity contribution in [2.45, 2.75) is 13.2 Å². The highest BCUT2D eigenvalue weighted by molar-refractivity contribution is 5.42. The van der Waals surface area contributed by atoms with Gasteiger partial charge in [0, 0.05) is 12.1 Å². The van der Waals surface area contributed by atoms with E-state index >= 15 is 0 Å². The summed E-state index contributed by atoms with van der Waals surface area (Å²) in [4.78, 5) is 4.31. The Morgan fingerprint density at radius 2 is 2.11 bits per heavy atom. The molecule has 96 valence electrons. The van der Waals surface area contributed by atoms with Gasteiger partial charge in [0.2, 0.25) is 0 Å². The third-order valence-electron chi connectivity index (χ3n) is 3.05. The van der Waals surface area contributed by atoms with Gasteiger partial charge in [-0.2, -0.15) is 0 Å². The molecule has 0 atom stereocenters. The van der Waals surface area contributed by atoms with Crippen molar-refractivity contribution in [1.82, 2.24) is 9.55 Å². The van der Waals surface area contributed by atoms with Crippen LogP contribution in [0.5, 0.6) is 5.75 Å². The van der Waals surface area contributed by atoms with Crippen molar-refractivity contribution < 1.29 is 9.47 Å². The molecule has 0 saturated carbocycles. The number of nitrogens with zero attached hydrogens (tertiary/aromatic N) is 2. The summed E-state index contributed by atoms with van der Waals surface area (Å²) in [5, 5.41) is 0. The SMILES string of the molecule is COc1ccc(C#Cc2cnc3n2CCOC3)cc1. The minimum atomic E-state index is 0.574. The summed E-state index contributed by atoms with van der Waals surface area (Å²) in [6, 6.07) is 7.71. The van der Waals surface area contributed by atoms with Crippen molar-refractivity contribution in [2.75, 3.05) is 13.7 Å². The second-order valence-corrected chi connectivity index (χ2v) is 4.24. The van der Waals surface area contributed by atoms with E-state index in [0.29, 0.717) is 6.61 Å². The molecule has 0 saturated heterocycles. The zero-order valence-corrected chi connectivity index (χ0v) is 10.7. The quantitative estimate of drug-likeness (QED) is 0.728. The number of hydrogen-bond donors (Lipinski definition) is 0. The molecule has 4 heteroatoms. The number of fused-ring (bicyclic) bond motifs is 1. The van der Waals surface area contributed by atoms with Crippen LogP contribution in [-0.2, 0) is 17.9 Å². The Bertz CT molecular complexity index is 632. The number of benzene rings is 1. The van der Waals surface area contributed by atoms with Crippen LogP contribution >= 0.6 is 0 Å². The summed E-state index contributed by atoms with van der Waals surface area (Å²) in [6.45, 7) is 2.12. The lowest BCUT2D eigenvalue weighted by atomic mass is 10.2. The van der Waals surface area contributed by atoms with Gasteiger partial charge in [-0.3, -0.25) is 0 Å². The fraction of sp³-hybridized carbons (Fsp3) is 0.267. The molecule has 0 radical (unpaired) electrons. The molecular weight excluding hydrogens is 240 g/mol. The van der Waals surface area contributed by atoms with Crippen LogP contribution < -0.4 is 4.74 Å². The molecule has 0 N–H and O–H groups in total. The number of methoxy groups -OCH3 is 1. The summed E-state index contributed by atoms with van der Waals surface area (Å²) in [6.07, 6.45) is 1.81. The molecule has 1 aromatic heterocycles. The Balaban J connectivity index is 1.85. The standard InChI is InChI=1S/C15H14N2O2/c1-18-14-6-3-12(4-7-14)2-5-13-10-16-15-11-19-9-8-17(13)15/h3-4,6-7,10H,8-9,11H2,1H3. The molecule has 1 aliphatic rings. The van der Waals surface area contributed by atoms with Crippen LogP contribution in [0.2, 0.25) is 0 Å². The molecular formula is C15H14N2O2. The van der Waals surface area contributed by atoms with E-state index < -0.39 is 0 Å². The van der Waals surface area contributed by atoms with Gasteiger partial charge in [-0.25, -0.2) is 4.98 Å². The normalized spacial score (nSPS) is 13.3. The van der Waals surface area contributed by atoms with E-state index in [4.69, 9.17) is 9.47 Å². The van der Waals surface area contributed by atoms with E-state index in [1.165, 1.54) is 0 Å². The molecule has 2 heterocycles. The Labute approximate surface area is 112 Å². The first-order valence-electron chi connectivity index (χ1n) is 6.15. The highest BCUT2D eigenvalue weighted by Gasteiger charge is 2.12. The molecule has 0 spiro atoms. The van der Waals surface area contributed by atoms with E-state index in [0.717, 1.165) is 36.0 Å². The van der Waals surface area contributed by atoms with Gasteiger partial charge in [0.25, 0.3) is 0 Å². The average Bonchev–Trinajstić information content (AvgIpc) is 2.89. The molecule has 0 unspecified atom stereocenters. The molecule has 0 bridgehead atoms. The first-order chi connectivity index (χ1) is 9.36. The molecule has 0 aliphatic carbocycles. The lowest BCUT2D eigenvalue weighted by Crippen LogP contribution is -2.17. The highest BCUT2D eigenvalue weighted by atomic mass is 16.5. The fourth-order valence-electron chi connectivity index (χ4n) is 2.01. The van der Waals surface area contributed by atoms with Crippen LogP contribution in [0, 0.1) is 11.8 Å². The molecule has 4 nitrogen and oxygen atoms in total. The average molecular weight is 254 g/mol. The van der Waals surface area contributed by atoms with Crippen LogP contribution in [-0.4, -0.2) is 23.3 Å². The predicted molar refractivity (Wildman–Crippen MR) is 70.9 cm³/mol. The van der Waals surface area contributed by atoms with Gasteiger partial charge in [-0.05, 0) is 30.2 Å². The third kappa shape index (κ3) is 2.47. The molecule has 2 aromatic rings. The molecule has 3 rings (SSSR count). The Morgan fingerprint density at radius 1 is 1.26 bits per heavy atom. The van der Waals surface area contributed by atoms with Crippen LogP contribution in [0.4, 0.5) is 0 Å². The van der Waals surface area contributed by atoms with E-state index in [-0.39, 0.29) is 0 Å². The second-order valence-electron chi connectivity index (χ2n) is 4.24. The summed E-state index contributed by atoms with van der Waals surface area (Å²) in [7, 11) is 1.65. The Kier molecular flexibility index (Phi) is 3.21. The van der Waals surface area contributed by atoms with Crippen molar-refractivity contribution in [1.29, 1.82) is 0 Å². The van der Waals surface area contributed by atoms with E-state index in [9.17, 15) is 0 Å². The van der Waals surface area contributed by atoms with Crippen LogP contribution in [0.25, 0.3) is 0 Å². The second kappa shape index (κ2) is 5.17. The molecule has 1 aliphatic heterocycles. The van der Waals surface area contributed by atoms with Gasteiger partial charge < -0.3 is 14.0 Å². The summed E-state index contributed by atoms with van der Waals surface area (Å²) in [5.41, 5.74) is 1.90. The number of hydrogen-bond acceptors (Lipinski definition) is 3. The van der Waals surface area contributed by atoms with Crippen molar-refractivity contribution in [3.8, 4) is 17.6 Å². The van der Waals surface area contributed by atoms with Crippen molar-refractivity contribution in [3.63, 3.8) is 0 Å². The lowest BCUT2D eigenvalue weighted by Gasteiger charge is -2.14. The molecule has 1 aromatic carbocycles. The van der Waals surface area contributed by atoms with Gasteiger partial charge in [0.1, 0.15) is 23.9 Å². The Morgan fingerprint density at radius 3 is 2.89 bits per heavy atom. The van der Waals surface area contributed by atoms with E-state index in [2.05, 4.69) is 21.4 Å². The fourth-order valence-corrected chi connectivity index (χ4v) is 2.01. The number of imidazole rings is 1. The molecule has 0 amide bonds. The molecule has 19 heavy (non-hydrogen) atoms. The number of ether oxygens (including phenoxy) is 2. The minimum absolute atomic E-state index is 0.574. The number of rotatable bonds is 1. The minimum Gasteiger partial charge on any atom is -0.497 e. The van der Waals surface area contributed by atoms with Gasteiger partial charge in [-0.15, -0.1) is 0 Å². The maximum atomic E-state index is 5.35. The zero-order valence-electron chi connectivity index (χ0n) is 10.7.